The Morgan fingerprint density at radius 2 is 2.07 bits per heavy atom. The van der Waals surface area contributed by atoms with Crippen molar-refractivity contribution in [3.05, 3.63) is 47.5 Å². The predicted molar refractivity (Wildman–Crippen MR) is 57.8 cm³/mol. The topological polar surface area (TPSA) is 40.5 Å². The molecule has 15 heavy (non-hydrogen) atoms. The van der Waals surface area contributed by atoms with Crippen molar-refractivity contribution < 1.29 is 9.90 Å². The van der Waals surface area contributed by atoms with Crippen molar-refractivity contribution in [2.24, 2.45) is 0 Å². The molecule has 0 bridgehead atoms. The second-order valence-corrected chi connectivity index (χ2v) is 3.67. The standard InChI is InChI=1S/C12H13NO2/c14-12(15)11-5-3-4-10(8-11)9-13-6-1-2-7-13/h1-5,8H,6-7,9H2,(H,14,15). The third-order valence-corrected chi connectivity index (χ3v) is 2.47. The van der Waals surface area contributed by atoms with Crippen LogP contribution in [0.4, 0.5) is 0 Å². The van der Waals surface area contributed by atoms with Gasteiger partial charge in [0, 0.05) is 19.6 Å². The van der Waals surface area contributed by atoms with Crippen molar-refractivity contribution in [2.45, 2.75) is 6.54 Å². The molecular formula is C12H13NO2. The molecule has 0 aromatic heterocycles. The smallest absolute Gasteiger partial charge is 0.335 e. The van der Waals surface area contributed by atoms with Crippen LogP contribution in [0.3, 0.4) is 0 Å². The highest BCUT2D eigenvalue weighted by Crippen LogP contribution is 2.10. The van der Waals surface area contributed by atoms with Gasteiger partial charge in [0.2, 0.25) is 0 Å². The SMILES string of the molecule is O=C(O)c1cccc(CN2CC=CC2)c1. The van der Waals surface area contributed by atoms with Crippen LogP contribution in [0.1, 0.15) is 15.9 Å². The molecule has 1 aliphatic heterocycles. The van der Waals surface area contributed by atoms with E-state index in [1.54, 1.807) is 18.2 Å². The molecular weight excluding hydrogens is 190 g/mol. The molecule has 0 atom stereocenters. The van der Waals surface area contributed by atoms with Crippen molar-refractivity contribution in [3.63, 3.8) is 0 Å². The zero-order valence-electron chi connectivity index (χ0n) is 8.39. The first-order chi connectivity index (χ1) is 7.25. The molecule has 0 unspecified atom stereocenters. The number of benzene rings is 1. The number of hydrogen-bond acceptors (Lipinski definition) is 2. The van der Waals surface area contributed by atoms with Gasteiger partial charge in [0.25, 0.3) is 0 Å². The summed E-state index contributed by atoms with van der Waals surface area (Å²) in [7, 11) is 0. The molecule has 1 N–H and O–H groups in total. The molecule has 0 saturated carbocycles. The summed E-state index contributed by atoms with van der Waals surface area (Å²) in [5, 5.41) is 8.84. The van der Waals surface area contributed by atoms with Gasteiger partial charge in [-0.1, -0.05) is 24.3 Å². The largest absolute Gasteiger partial charge is 0.478 e. The highest BCUT2D eigenvalue weighted by molar-refractivity contribution is 5.87. The lowest BCUT2D eigenvalue weighted by Gasteiger charge is -2.14. The Bertz CT molecular complexity index is 390. The van der Waals surface area contributed by atoms with E-state index in [0.29, 0.717) is 5.56 Å². The fourth-order valence-electron chi connectivity index (χ4n) is 1.71. The normalized spacial score (nSPS) is 15.7. The van der Waals surface area contributed by atoms with Gasteiger partial charge in [-0.3, -0.25) is 4.90 Å². The number of rotatable bonds is 3. The molecule has 0 radical (unpaired) electrons. The first-order valence-electron chi connectivity index (χ1n) is 4.95. The average molecular weight is 203 g/mol. The van der Waals surface area contributed by atoms with Crippen LogP contribution in [-0.4, -0.2) is 29.1 Å². The summed E-state index contributed by atoms with van der Waals surface area (Å²) >= 11 is 0. The maximum Gasteiger partial charge on any atom is 0.335 e. The molecule has 1 aromatic rings. The number of carboxylic acids is 1. The van der Waals surface area contributed by atoms with Crippen LogP contribution >= 0.6 is 0 Å². The Balaban J connectivity index is 2.07. The third-order valence-electron chi connectivity index (χ3n) is 2.47. The fraction of sp³-hybridized carbons (Fsp3) is 0.250. The summed E-state index contributed by atoms with van der Waals surface area (Å²) < 4.78 is 0. The number of aromatic carboxylic acids is 1. The summed E-state index contributed by atoms with van der Waals surface area (Å²) in [6.45, 7) is 2.72. The molecule has 78 valence electrons. The second kappa shape index (κ2) is 4.28. The van der Waals surface area contributed by atoms with E-state index in [1.165, 1.54) is 0 Å². The van der Waals surface area contributed by atoms with E-state index >= 15 is 0 Å². The first-order valence-corrected chi connectivity index (χ1v) is 4.95. The minimum Gasteiger partial charge on any atom is -0.478 e. The Kier molecular flexibility index (Phi) is 2.83. The van der Waals surface area contributed by atoms with Crippen molar-refractivity contribution in [1.29, 1.82) is 0 Å². The Morgan fingerprint density at radius 1 is 1.33 bits per heavy atom. The maximum absolute atomic E-state index is 10.8. The minimum atomic E-state index is -0.864. The molecule has 2 rings (SSSR count). The Hall–Kier alpha value is -1.61. The van der Waals surface area contributed by atoms with Crippen LogP contribution in [0, 0.1) is 0 Å². The van der Waals surface area contributed by atoms with Gasteiger partial charge in [-0.05, 0) is 17.7 Å². The summed E-state index contributed by atoms with van der Waals surface area (Å²) in [5.41, 5.74) is 1.42. The van der Waals surface area contributed by atoms with Crippen LogP contribution in [0.2, 0.25) is 0 Å². The molecule has 0 saturated heterocycles. The zero-order valence-corrected chi connectivity index (χ0v) is 8.39. The Labute approximate surface area is 88.6 Å². The van der Waals surface area contributed by atoms with E-state index in [1.807, 2.05) is 6.07 Å². The van der Waals surface area contributed by atoms with Gasteiger partial charge in [0.1, 0.15) is 0 Å². The summed E-state index contributed by atoms with van der Waals surface area (Å²) in [6.07, 6.45) is 4.25. The van der Waals surface area contributed by atoms with Gasteiger partial charge in [-0.25, -0.2) is 4.79 Å². The fourth-order valence-corrected chi connectivity index (χ4v) is 1.71. The van der Waals surface area contributed by atoms with Crippen LogP contribution < -0.4 is 0 Å². The number of carboxylic acid groups (broad SMARTS) is 1. The van der Waals surface area contributed by atoms with Crippen molar-refractivity contribution in [2.75, 3.05) is 13.1 Å². The molecule has 0 spiro atoms. The van der Waals surface area contributed by atoms with Crippen molar-refractivity contribution in [1.82, 2.24) is 4.90 Å². The lowest BCUT2D eigenvalue weighted by molar-refractivity contribution is 0.0696. The van der Waals surface area contributed by atoms with Gasteiger partial charge in [0.05, 0.1) is 5.56 Å². The monoisotopic (exact) mass is 203 g/mol. The summed E-state index contributed by atoms with van der Waals surface area (Å²) in [4.78, 5) is 13.0. The summed E-state index contributed by atoms with van der Waals surface area (Å²) in [5.74, 6) is -0.864. The molecule has 0 amide bonds. The number of hydrogen-bond donors (Lipinski definition) is 1. The van der Waals surface area contributed by atoms with Gasteiger partial charge >= 0.3 is 5.97 Å². The van der Waals surface area contributed by atoms with Crippen molar-refractivity contribution >= 4 is 5.97 Å². The maximum atomic E-state index is 10.8. The lowest BCUT2D eigenvalue weighted by atomic mass is 10.1. The van der Waals surface area contributed by atoms with Crippen molar-refractivity contribution in [3.8, 4) is 0 Å². The van der Waals surface area contributed by atoms with Crippen LogP contribution in [-0.2, 0) is 6.54 Å². The third kappa shape index (κ3) is 2.44. The molecule has 1 aromatic carbocycles. The van der Waals surface area contributed by atoms with Gasteiger partial charge in [-0.2, -0.15) is 0 Å². The molecule has 3 nitrogen and oxygen atoms in total. The van der Waals surface area contributed by atoms with Gasteiger partial charge in [-0.15, -0.1) is 0 Å². The molecule has 0 fully saturated rings. The second-order valence-electron chi connectivity index (χ2n) is 3.67. The molecule has 3 heteroatoms. The first kappa shape index (κ1) is 9.93. The quantitative estimate of drug-likeness (QED) is 0.761. The van der Waals surface area contributed by atoms with E-state index in [-0.39, 0.29) is 0 Å². The minimum absolute atomic E-state index is 0.361. The van der Waals surface area contributed by atoms with Gasteiger partial charge in [0.15, 0.2) is 0 Å². The van der Waals surface area contributed by atoms with E-state index in [4.69, 9.17) is 5.11 Å². The lowest BCUT2D eigenvalue weighted by Crippen LogP contribution is -2.19. The molecule has 1 aliphatic rings. The van der Waals surface area contributed by atoms with Crippen LogP contribution in [0.25, 0.3) is 0 Å². The summed E-state index contributed by atoms with van der Waals surface area (Å²) in [6, 6.07) is 7.11. The number of nitrogens with zero attached hydrogens (tertiary/aromatic N) is 1. The zero-order chi connectivity index (χ0) is 10.7. The average Bonchev–Trinajstić information content (AvgIpc) is 2.71. The predicted octanol–water partition coefficient (Wildman–Crippen LogP) is 1.76. The van der Waals surface area contributed by atoms with Crippen LogP contribution in [0.5, 0.6) is 0 Å². The van der Waals surface area contributed by atoms with Gasteiger partial charge < -0.3 is 5.11 Å². The van der Waals surface area contributed by atoms with Crippen LogP contribution in [0.15, 0.2) is 36.4 Å². The van der Waals surface area contributed by atoms with E-state index in [2.05, 4.69) is 17.1 Å². The van der Waals surface area contributed by atoms with E-state index < -0.39 is 5.97 Å². The highest BCUT2D eigenvalue weighted by atomic mass is 16.4. The molecule has 1 heterocycles. The van der Waals surface area contributed by atoms with E-state index in [0.717, 1.165) is 25.2 Å². The van der Waals surface area contributed by atoms with E-state index in [9.17, 15) is 4.79 Å². The number of carbonyl (C=O) groups is 1. The Morgan fingerprint density at radius 3 is 2.73 bits per heavy atom. The highest BCUT2D eigenvalue weighted by Gasteiger charge is 2.08. The molecule has 0 aliphatic carbocycles.